The van der Waals surface area contributed by atoms with Crippen molar-refractivity contribution in [2.24, 2.45) is 5.92 Å². The number of fused-ring (bicyclic) bond motifs is 1. The van der Waals surface area contributed by atoms with Crippen LogP contribution in [-0.2, 0) is 11.3 Å². The molecule has 1 aliphatic heterocycles. The lowest BCUT2D eigenvalue weighted by Crippen LogP contribution is -2.38. The van der Waals surface area contributed by atoms with Crippen molar-refractivity contribution in [3.8, 4) is 0 Å². The van der Waals surface area contributed by atoms with E-state index in [0.29, 0.717) is 25.0 Å². The Morgan fingerprint density at radius 1 is 1.24 bits per heavy atom. The molecule has 6 nitrogen and oxygen atoms in total. The first kappa shape index (κ1) is 13.9. The van der Waals surface area contributed by atoms with Gasteiger partial charge in [0.2, 0.25) is 0 Å². The minimum absolute atomic E-state index is 0.223. The Labute approximate surface area is 121 Å². The van der Waals surface area contributed by atoms with Gasteiger partial charge in [0, 0.05) is 13.1 Å². The summed E-state index contributed by atoms with van der Waals surface area (Å²) in [6.07, 6.45) is 1.35. The van der Waals surface area contributed by atoms with E-state index in [9.17, 15) is 9.59 Å². The van der Waals surface area contributed by atoms with Crippen LogP contribution in [-0.4, -0.2) is 40.2 Å². The first-order chi connectivity index (χ1) is 10.1. The maximum atomic E-state index is 11.9. The van der Waals surface area contributed by atoms with Crippen LogP contribution in [0.1, 0.15) is 12.8 Å². The number of piperidine rings is 1. The van der Waals surface area contributed by atoms with Gasteiger partial charge in [-0.3, -0.25) is 9.36 Å². The molecule has 1 aromatic carbocycles. The van der Waals surface area contributed by atoms with Gasteiger partial charge in [-0.15, -0.1) is 0 Å². The molecule has 1 N–H and O–H groups in total. The van der Waals surface area contributed by atoms with E-state index in [2.05, 4.69) is 4.90 Å². The van der Waals surface area contributed by atoms with Crippen LogP contribution in [0.3, 0.4) is 0 Å². The quantitative estimate of drug-likeness (QED) is 0.921. The molecule has 2 heterocycles. The second kappa shape index (κ2) is 5.73. The smallest absolute Gasteiger partial charge is 0.419 e. The van der Waals surface area contributed by atoms with Crippen molar-refractivity contribution in [1.29, 1.82) is 0 Å². The second-order valence-electron chi connectivity index (χ2n) is 5.44. The number of aromatic nitrogens is 1. The van der Waals surface area contributed by atoms with Crippen molar-refractivity contribution in [3.63, 3.8) is 0 Å². The van der Waals surface area contributed by atoms with Crippen molar-refractivity contribution in [2.75, 3.05) is 19.6 Å². The first-order valence-corrected chi connectivity index (χ1v) is 7.18. The summed E-state index contributed by atoms with van der Waals surface area (Å²) in [6.45, 7) is 2.83. The largest absolute Gasteiger partial charge is 0.481 e. The third-order valence-corrected chi connectivity index (χ3v) is 4.15. The number of carbonyl (C=O) groups is 1. The summed E-state index contributed by atoms with van der Waals surface area (Å²) in [5, 5.41) is 8.98. The molecule has 0 atom stereocenters. The van der Waals surface area contributed by atoms with Crippen LogP contribution >= 0.6 is 0 Å². The van der Waals surface area contributed by atoms with Crippen LogP contribution in [0.2, 0.25) is 0 Å². The van der Waals surface area contributed by atoms with Crippen LogP contribution in [0.5, 0.6) is 0 Å². The summed E-state index contributed by atoms with van der Waals surface area (Å²) in [4.78, 5) is 25.0. The molecule has 0 aliphatic carbocycles. The molecule has 0 radical (unpaired) electrons. The first-order valence-electron chi connectivity index (χ1n) is 7.18. The molecular formula is C15H18N2O4. The standard InChI is InChI=1S/C15H18N2O4/c18-14(19)11-5-7-16(8-6-11)9-10-17-12-3-1-2-4-13(12)21-15(17)20/h1-4,11H,5-10H2,(H,18,19). The van der Waals surface area contributed by atoms with Gasteiger partial charge in [-0.05, 0) is 38.1 Å². The lowest BCUT2D eigenvalue weighted by molar-refractivity contribution is -0.143. The number of carboxylic acid groups (broad SMARTS) is 1. The molecule has 0 bridgehead atoms. The lowest BCUT2D eigenvalue weighted by atomic mass is 9.97. The van der Waals surface area contributed by atoms with Crippen molar-refractivity contribution in [3.05, 3.63) is 34.8 Å². The van der Waals surface area contributed by atoms with E-state index in [1.807, 2.05) is 18.2 Å². The van der Waals surface area contributed by atoms with Gasteiger partial charge in [0.25, 0.3) is 0 Å². The number of aliphatic carboxylic acids is 1. The average molecular weight is 290 g/mol. The molecule has 0 unspecified atom stereocenters. The number of likely N-dealkylation sites (tertiary alicyclic amines) is 1. The SMILES string of the molecule is O=C(O)C1CCN(CCn2c(=O)oc3ccccc32)CC1. The molecule has 0 saturated carbocycles. The molecule has 21 heavy (non-hydrogen) atoms. The van der Waals surface area contributed by atoms with E-state index >= 15 is 0 Å². The normalized spacial score (nSPS) is 17.3. The highest BCUT2D eigenvalue weighted by Gasteiger charge is 2.24. The second-order valence-corrected chi connectivity index (χ2v) is 5.44. The van der Waals surface area contributed by atoms with E-state index in [1.165, 1.54) is 0 Å². The maximum Gasteiger partial charge on any atom is 0.419 e. The molecule has 1 fully saturated rings. The van der Waals surface area contributed by atoms with Gasteiger partial charge in [-0.1, -0.05) is 12.1 Å². The molecule has 3 rings (SSSR count). The number of carboxylic acids is 1. The number of benzene rings is 1. The van der Waals surface area contributed by atoms with Crippen LogP contribution in [0.15, 0.2) is 33.5 Å². The minimum atomic E-state index is -0.702. The summed E-state index contributed by atoms with van der Waals surface area (Å²) >= 11 is 0. The molecule has 1 saturated heterocycles. The summed E-state index contributed by atoms with van der Waals surface area (Å²) in [7, 11) is 0. The highest BCUT2D eigenvalue weighted by Crippen LogP contribution is 2.17. The zero-order valence-corrected chi connectivity index (χ0v) is 11.7. The molecule has 6 heteroatoms. The predicted octanol–water partition coefficient (Wildman–Crippen LogP) is 1.39. The van der Waals surface area contributed by atoms with Gasteiger partial charge >= 0.3 is 11.7 Å². The number of hydrogen-bond donors (Lipinski definition) is 1. The van der Waals surface area contributed by atoms with Crippen molar-refractivity contribution in [2.45, 2.75) is 19.4 Å². The topological polar surface area (TPSA) is 75.7 Å². The monoisotopic (exact) mass is 290 g/mol. The zero-order chi connectivity index (χ0) is 14.8. The molecule has 0 amide bonds. The molecule has 2 aromatic rings. The van der Waals surface area contributed by atoms with Gasteiger partial charge in [0.15, 0.2) is 5.58 Å². The van der Waals surface area contributed by atoms with Gasteiger partial charge in [0.05, 0.1) is 11.4 Å². The Morgan fingerprint density at radius 3 is 2.67 bits per heavy atom. The van der Waals surface area contributed by atoms with E-state index in [4.69, 9.17) is 9.52 Å². The molecule has 1 aromatic heterocycles. The number of oxazole rings is 1. The van der Waals surface area contributed by atoms with Crippen LogP contribution in [0.25, 0.3) is 11.1 Å². The summed E-state index contributed by atoms with van der Waals surface area (Å²) in [5.74, 6) is -1.26. The Kier molecular flexibility index (Phi) is 3.79. The van der Waals surface area contributed by atoms with Gasteiger partial charge < -0.3 is 14.4 Å². The van der Waals surface area contributed by atoms with Gasteiger partial charge in [-0.25, -0.2) is 4.79 Å². The Hall–Kier alpha value is -2.08. The van der Waals surface area contributed by atoms with E-state index in [0.717, 1.165) is 25.2 Å². The fraction of sp³-hybridized carbons (Fsp3) is 0.467. The van der Waals surface area contributed by atoms with Crippen molar-refractivity contribution < 1.29 is 14.3 Å². The van der Waals surface area contributed by atoms with Gasteiger partial charge in [0.1, 0.15) is 0 Å². The van der Waals surface area contributed by atoms with E-state index in [-0.39, 0.29) is 11.7 Å². The van der Waals surface area contributed by atoms with Crippen LogP contribution in [0, 0.1) is 5.92 Å². The molecule has 1 aliphatic rings. The fourth-order valence-corrected chi connectivity index (χ4v) is 2.87. The molecule has 0 spiro atoms. The Bertz CT molecular complexity index is 695. The molecular weight excluding hydrogens is 272 g/mol. The van der Waals surface area contributed by atoms with E-state index < -0.39 is 5.97 Å². The lowest BCUT2D eigenvalue weighted by Gasteiger charge is -2.29. The Morgan fingerprint density at radius 2 is 1.95 bits per heavy atom. The van der Waals surface area contributed by atoms with E-state index in [1.54, 1.807) is 10.6 Å². The number of rotatable bonds is 4. The van der Waals surface area contributed by atoms with Gasteiger partial charge in [-0.2, -0.15) is 0 Å². The van der Waals surface area contributed by atoms with Crippen LogP contribution < -0.4 is 5.76 Å². The number of hydrogen-bond acceptors (Lipinski definition) is 4. The average Bonchev–Trinajstić information content (AvgIpc) is 2.81. The number of para-hydroxylation sites is 2. The molecule has 112 valence electrons. The minimum Gasteiger partial charge on any atom is -0.481 e. The highest BCUT2D eigenvalue weighted by molar-refractivity contribution is 5.72. The Balaban J connectivity index is 1.64. The summed E-state index contributed by atoms with van der Waals surface area (Å²) in [5.41, 5.74) is 1.41. The van der Waals surface area contributed by atoms with Crippen molar-refractivity contribution in [1.82, 2.24) is 9.47 Å². The third kappa shape index (κ3) is 2.85. The summed E-state index contributed by atoms with van der Waals surface area (Å²) in [6, 6.07) is 7.38. The van der Waals surface area contributed by atoms with Crippen molar-refractivity contribution >= 4 is 17.1 Å². The fourth-order valence-electron chi connectivity index (χ4n) is 2.87. The zero-order valence-electron chi connectivity index (χ0n) is 11.7. The maximum absolute atomic E-state index is 11.9. The highest BCUT2D eigenvalue weighted by atomic mass is 16.4. The summed E-state index contributed by atoms with van der Waals surface area (Å²) < 4.78 is 6.84. The predicted molar refractivity (Wildman–Crippen MR) is 77.3 cm³/mol. The third-order valence-electron chi connectivity index (χ3n) is 4.15. The number of nitrogens with zero attached hydrogens (tertiary/aromatic N) is 2. The van der Waals surface area contributed by atoms with Crippen LogP contribution in [0.4, 0.5) is 0 Å².